The molecule has 0 saturated carbocycles. The van der Waals surface area contributed by atoms with Gasteiger partial charge in [-0.3, -0.25) is 14.5 Å². The first-order valence-electron chi connectivity index (χ1n) is 5.43. The van der Waals surface area contributed by atoms with Gasteiger partial charge in [0.25, 0.3) is 11.8 Å². The first-order chi connectivity index (χ1) is 8.11. The minimum atomic E-state index is -0.336. The van der Waals surface area contributed by atoms with E-state index >= 15 is 0 Å². The molecule has 6 heteroatoms. The van der Waals surface area contributed by atoms with Gasteiger partial charge in [0, 0.05) is 18.9 Å². The third-order valence-electron chi connectivity index (χ3n) is 2.58. The Morgan fingerprint density at radius 1 is 1.12 bits per heavy atom. The zero-order valence-electron chi connectivity index (χ0n) is 9.88. The average molecular weight is 234 g/mol. The van der Waals surface area contributed by atoms with Gasteiger partial charge in [-0.1, -0.05) is 0 Å². The molecule has 0 saturated heterocycles. The molecule has 2 amide bonds. The van der Waals surface area contributed by atoms with Gasteiger partial charge < -0.3 is 4.90 Å². The third-order valence-corrected chi connectivity index (χ3v) is 2.58. The van der Waals surface area contributed by atoms with E-state index in [1.54, 1.807) is 0 Å². The Balaban J connectivity index is 2.08. The number of fused-ring (bicyclic) bond motifs is 1. The molecule has 0 atom stereocenters. The van der Waals surface area contributed by atoms with Crippen molar-refractivity contribution in [1.82, 2.24) is 19.8 Å². The van der Waals surface area contributed by atoms with E-state index in [1.165, 1.54) is 17.3 Å². The fourth-order valence-electron chi connectivity index (χ4n) is 1.75. The molecule has 0 bridgehead atoms. The van der Waals surface area contributed by atoms with Gasteiger partial charge in [0.15, 0.2) is 11.4 Å². The highest BCUT2D eigenvalue weighted by atomic mass is 16.2. The van der Waals surface area contributed by atoms with Crippen molar-refractivity contribution in [1.29, 1.82) is 0 Å². The predicted molar refractivity (Wildman–Crippen MR) is 60.6 cm³/mol. The zero-order valence-corrected chi connectivity index (χ0v) is 9.88. The van der Waals surface area contributed by atoms with E-state index < -0.39 is 0 Å². The number of amides is 2. The Labute approximate surface area is 99.3 Å². The molecule has 0 aromatic carbocycles. The van der Waals surface area contributed by atoms with Gasteiger partial charge in [-0.05, 0) is 27.1 Å². The van der Waals surface area contributed by atoms with Crippen LogP contribution in [0.2, 0.25) is 0 Å². The molecule has 0 unspecified atom stereocenters. The molecule has 6 nitrogen and oxygen atoms in total. The van der Waals surface area contributed by atoms with E-state index in [0.29, 0.717) is 6.54 Å². The van der Waals surface area contributed by atoms with Crippen LogP contribution in [0.4, 0.5) is 0 Å². The Morgan fingerprint density at radius 3 is 2.12 bits per heavy atom. The molecule has 2 rings (SSSR count). The molecule has 0 fully saturated rings. The van der Waals surface area contributed by atoms with Crippen molar-refractivity contribution >= 4 is 11.8 Å². The first kappa shape index (κ1) is 11.7. The Kier molecular flexibility index (Phi) is 3.14. The molecule has 0 spiro atoms. The summed E-state index contributed by atoms with van der Waals surface area (Å²) in [5.41, 5.74) is 0.338. The molecular formula is C11H14N4O2. The van der Waals surface area contributed by atoms with Crippen LogP contribution in [0.1, 0.15) is 27.4 Å². The van der Waals surface area contributed by atoms with E-state index in [1.807, 2.05) is 19.0 Å². The van der Waals surface area contributed by atoms with Crippen LogP contribution in [0.3, 0.4) is 0 Å². The van der Waals surface area contributed by atoms with Gasteiger partial charge in [0.2, 0.25) is 0 Å². The molecule has 1 aliphatic rings. The monoisotopic (exact) mass is 234 g/mol. The molecule has 0 radical (unpaired) electrons. The molecule has 0 aliphatic carbocycles. The number of imide groups is 1. The summed E-state index contributed by atoms with van der Waals surface area (Å²) in [5, 5.41) is 0. The van der Waals surface area contributed by atoms with Crippen LogP contribution in [0, 0.1) is 0 Å². The molecule has 2 heterocycles. The van der Waals surface area contributed by atoms with Gasteiger partial charge >= 0.3 is 0 Å². The highest BCUT2D eigenvalue weighted by Gasteiger charge is 2.37. The van der Waals surface area contributed by atoms with Crippen LogP contribution < -0.4 is 0 Å². The lowest BCUT2D eigenvalue weighted by molar-refractivity contribution is 0.0646. The second kappa shape index (κ2) is 4.58. The molecule has 17 heavy (non-hydrogen) atoms. The molecule has 1 aromatic rings. The molecule has 1 aromatic heterocycles. The van der Waals surface area contributed by atoms with Crippen LogP contribution in [-0.4, -0.2) is 58.8 Å². The standard InChI is InChI=1S/C11H14N4O2/c1-14(2)6-3-7-15-10(16)8-9(11(15)17)13-5-4-12-8/h4-5H,3,6-7H2,1-2H3. The molecular weight excluding hydrogens is 220 g/mol. The lowest BCUT2D eigenvalue weighted by atomic mass is 10.3. The number of nitrogens with zero attached hydrogens (tertiary/aromatic N) is 4. The summed E-state index contributed by atoms with van der Waals surface area (Å²) in [6, 6.07) is 0. The summed E-state index contributed by atoms with van der Waals surface area (Å²) < 4.78 is 0. The number of carbonyl (C=O) groups is 2. The van der Waals surface area contributed by atoms with Gasteiger partial charge in [-0.25, -0.2) is 9.97 Å². The highest BCUT2D eigenvalue weighted by Crippen LogP contribution is 2.18. The number of rotatable bonds is 4. The van der Waals surface area contributed by atoms with Crippen molar-refractivity contribution in [2.75, 3.05) is 27.2 Å². The smallest absolute Gasteiger partial charge is 0.281 e. The summed E-state index contributed by atoms with van der Waals surface area (Å²) >= 11 is 0. The van der Waals surface area contributed by atoms with Gasteiger partial charge in [-0.15, -0.1) is 0 Å². The topological polar surface area (TPSA) is 66.4 Å². The molecule has 90 valence electrons. The van der Waals surface area contributed by atoms with E-state index in [0.717, 1.165) is 13.0 Å². The summed E-state index contributed by atoms with van der Waals surface area (Å²) in [4.78, 5) is 34.8. The Morgan fingerprint density at radius 2 is 1.65 bits per heavy atom. The third kappa shape index (κ3) is 2.16. The predicted octanol–water partition coefficient (Wildman–Crippen LogP) is 0.0243. The Bertz CT molecular complexity index is 424. The van der Waals surface area contributed by atoms with Crippen molar-refractivity contribution in [3.05, 3.63) is 23.8 Å². The number of hydrogen-bond acceptors (Lipinski definition) is 5. The van der Waals surface area contributed by atoms with Gasteiger partial charge in [0.05, 0.1) is 0 Å². The van der Waals surface area contributed by atoms with Crippen molar-refractivity contribution in [2.24, 2.45) is 0 Å². The second-order valence-electron chi connectivity index (χ2n) is 4.17. The normalized spacial score (nSPS) is 14.6. The van der Waals surface area contributed by atoms with E-state index in [2.05, 4.69) is 9.97 Å². The van der Waals surface area contributed by atoms with Crippen LogP contribution in [0.5, 0.6) is 0 Å². The maximum Gasteiger partial charge on any atom is 0.281 e. The number of hydrogen-bond donors (Lipinski definition) is 0. The van der Waals surface area contributed by atoms with E-state index in [-0.39, 0.29) is 23.2 Å². The Hall–Kier alpha value is -1.82. The average Bonchev–Trinajstić information content (AvgIpc) is 2.54. The van der Waals surface area contributed by atoms with Crippen LogP contribution >= 0.6 is 0 Å². The summed E-state index contributed by atoms with van der Waals surface area (Å²) in [5.74, 6) is -0.672. The number of carbonyl (C=O) groups excluding carboxylic acids is 2. The fraction of sp³-hybridized carbons (Fsp3) is 0.455. The fourth-order valence-corrected chi connectivity index (χ4v) is 1.75. The molecule has 0 N–H and O–H groups in total. The summed E-state index contributed by atoms with van der Waals surface area (Å²) in [6.07, 6.45) is 3.60. The zero-order chi connectivity index (χ0) is 12.4. The highest BCUT2D eigenvalue weighted by molar-refractivity contribution is 6.19. The molecule has 1 aliphatic heterocycles. The largest absolute Gasteiger partial charge is 0.309 e. The maximum absolute atomic E-state index is 11.9. The lowest BCUT2D eigenvalue weighted by Crippen LogP contribution is -2.32. The second-order valence-corrected chi connectivity index (χ2v) is 4.17. The quantitative estimate of drug-likeness (QED) is 0.687. The van der Waals surface area contributed by atoms with Gasteiger partial charge in [0.1, 0.15) is 0 Å². The minimum absolute atomic E-state index is 0.169. The lowest BCUT2D eigenvalue weighted by Gasteiger charge is -2.15. The van der Waals surface area contributed by atoms with E-state index in [9.17, 15) is 9.59 Å². The first-order valence-corrected chi connectivity index (χ1v) is 5.43. The van der Waals surface area contributed by atoms with Crippen molar-refractivity contribution in [3.63, 3.8) is 0 Å². The summed E-state index contributed by atoms with van der Waals surface area (Å²) in [7, 11) is 3.90. The van der Waals surface area contributed by atoms with Crippen LogP contribution in [0.25, 0.3) is 0 Å². The van der Waals surface area contributed by atoms with Crippen molar-refractivity contribution in [3.8, 4) is 0 Å². The summed E-state index contributed by atoms with van der Waals surface area (Å²) in [6.45, 7) is 1.24. The minimum Gasteiger partial charge on any atom is -0.309 e. The number of aromatic nitrogens is 2. The van der Waals surface area contributed by atoms with Crippen LogP contribution in [0.15, 0.2) is 12.4 Å². The van der Waals surface area contributed by atoms with Crippen molar-refractivity contribution < 1.29 is 9.59 Å². The SMILES string of the molecule is CN(C)CCCN1C(=O)c2nccnc2C1=O. The van der Waals surface area contributed by atoms with Crippen molar-refractivity contribution in [2.45, 2.75) is 6.42 Å². The maximum atomic E-state index is 11.9. The van der Waals surface area contributed by atoms with Crippen LogP contribution in [-0.2, 0) is 0 Å². The van der Waals surface area contributed by atoms with E-state index in [4.69, 9.17) is 0 Å². The van der Waals surface area contributed by atoms with Gasteiger partial charge in [-0.2, -0.15) is 0 Å².